The molecule has 0 saturated carbocycles. The quantitative estimate of drug-likeness (QED) is 0.769. The lowest BCUT2D eigenvalue weighted by Crippen LogP contribution is -2.35. The first-order valence-corrected chi connectivity index (χ1v) is 9.32. The number of hydrogen-bond acceptors (Lipinski definition) is 5. The molecule has 0 fully saturated rings. The molecule has 138 valence electrons. The second kappa shape index (κ2) is 7.08. The second-order valence-electron chi connectivity index (χ2n) is 6.71. The normalized spacial score (nSPS) is 15.5. The van der Waals surface area contributed by atoms with E-state index in [2.05, 4.69) is 10.4 Å². The number of nitrogens with zero attached hydrogens (tertiary/aromatic N) is 2. The van der Waals surface area contributed by atoms with E-state index in [1.54, 1.807) is 6.92 Å². The maximum atomic E-state index is 11.9. The van der Waals surface area contributed by atoms with Gasteiger partial charge in [-0.3, -0.25) is 9.80 Å². The Labute approximate surface area is 163 Å². The summed E-state index contributed by atoms with van der Waals surface area (Å²) in [5, 5.41) is 10.5. The third-order valence-electron chi connectivity index (χ3n) is 4.69. The highest BCUT2D eigenvalue weighted by atomic mass is 35.5. The number of hydrogen-bond donors (Lipinski definition) is 1. The largest absolute Gasteiger partial charge is 0.404 e. The molecule has 4 rings (SSSR count). The van der Waals surface area contributed by atoms with Crippen LogP contribution >= 0.6 is 11.6 Å². The van der Waals surface area contributed by atoms with Crippen LogP contribution < -0.4 is 10.3 Å². The van der Waals surface area contributed by atoms with Gasteiger partial charge in [-0.15, -0.1) is 5.10 Å². The Morgan fingerprint density at radius 2 is 2.04 bits per heavy atom. The summed E-state index contributed by atoms with van der Waals surface area (Å²) in [6.45, 7) is 4.44. The van der Waals surface area contributed by atoms with Crippen molar-refractivity contribution in [3.05, 3.63) is 69.9 Å². The standard InChI is InChI=1S/C21H20ClN3O2/c1-3-19(26)27-21-20-15(10-14-6-7-16(22)11-18(14)23-20)12-25(24-21)17-8-4-13(2)5-9-17/h4-9,11,23H,3,10,12H2,1-2H3. The van der Waals surface area contributed by atoms with Crippen LogP contribution in [-0.4, -0.2) is 18.4 Å². The number of nitrogens with one attached hydrogen (secondary N) is 1. The first-order valence-electron chi connectivity index (χ1n) is 8.95. The van der Waals surface area contributed by atoms with E-state index in [0.29, 0.717) is 17.5 Å². The Morgan fingerprint density at radius 1 is 1.26 bits per heavy atom. The van der Waals surface area contributed by atoms with E-state index in [1.165, 1.54) is 5.56 Å². The number of hydrazone groups is 1. The number of rotatable bonds is 2. The molecule has 2 aliphatic heterocycles. The molecule has 27 heavy (non-hydrogen) atoms. The third-order valence-corrected chi connectivity index (χ3v) is 4.92. The monoisotopic (exact) mass is 381 g/mol. The van der Waals surface area contributed by atoms with E-state index in [9.17, 15) is 4.79 Å². The number of esters is 1. The number of halogens is 1. The molecule has 6 heteroatoms. The van der Waals surface area contributed by atoms with E-state index >= 15 is 0 Å². The molecule has 0 unspecified atom stereocenters. The van der Waals surface area contributed by atoms with Gasteiger partial charge >= 0.3 is 5.97 Å². The number of carbonyl (C=O) groups excluding carboxylic acids is 1. The first-order chi connectivity index (χ1) is 13.0. The second-order valence-corrected chi connectivity index (χ2v) is 7.14. The predicted octanol–water partition coefficient (Wildman–Crippen LogP) is 4.66. The first kappa shape index (κ1) is 17.6. The van der Waals surface area contributed by atoms with Crippen molar-refractivity contribution in [1.82, 2.24) is 0 Å². The van der Waals surface area contributed by atoms with Gasteiger partial charge in [0, 0.05) is 17.1 Å². The Hall–Kier alpha value is -2.79. The van der Waals surface area contributed by atoms with Crippen LogP contribution in [-0.2, 0) is 16.0 Å². The SMILES string of the molecule is CCC(=O)OC1=NN(c2ccc(C)cc2)CC2=C1Nc1cc(Cl)ccc1C2. The molecule has 0 bridgehead atoms. The number of ether oxygens (including phenoxy) is 1. The summed E-state index contributed by atoms with van der Waals surface area (Å²) in [7, 11) is 0. The van der Waals surface area contributed by atoms with E-state index in [1.807, 2.05) is 54.4 Å². The van der Waals surface area contributed by atoms with Crippen molar-refractivity contribution >= 4 is 34.8 Å². The Morgan fingerprint density at radius 3 is 2.78 bits per heavy atom. The lowest BCUT2D eigenvalue weighted by atomic mass is 9.96. The third kappa shape index (κ3) is 3.55. The zero-order chi connectivity index (χ0) is 19.0. The van der Waals surface area contributed by atoms with Gasteiger partial charge in [0.05, 0.1) is 12.2 Å². The van der Waals surface area contributed by atoms with Gasteiger partial charge in [0.25, 0.3) is 5.90 Å². The molecule has 2 aromatic rings. The molecule has 0 amide bonds. The van der Waals surface area contributed by atoms with Gasteiger partial charge in [0.1, 0.15) is 5.70 Å². The van der Waals surface area contributed by atoms with Gasteiger partial charge in [0.2, 0.25) is 0 Å². The van der Waals surface area contributed by atoms with Gasteiger partial charge in [-0.25, -0.2) is 0 Å². The van der Waals surface area contributed by atoms with E-state index in [0.717, 1.165) is 34.6 Å². The van der Waals surface area contributed by atoms with Gasteiger partial charge in [0.15, 0.2) is 0 Å². The molecule has 0 aliphatic carbocycles. The van der Waals surface area contributed by atoms with Gasteiger partial charge < -0.3 is 10.1 Å². The Bertz CT molecular complexity index is 964. The van der Waals surface area contributed by atoms with Crippen LogP contribution in [0.1, 0.15) is 24.5 Å². The smallest absolute Gasteiger partial charge is 0.312 e. The van der Waals surface area contributed by atoms with E-state index in [4.69, 9.17) is 16.3 Å². The number of fused-ring (bicyclic) bond motifs is 1. The van der Waals surface area contributed by atoms with Crippen LogP contribution in [0.3, 0.4) is 0 Å². The maximum absolute atomic E-state index is 11.9. The lowest BCUT2D eigenvalue weighted by Gasteiger charge is -2.32. The molecule has 0 atom stereocenters. The fourth-order valence-electron chi connectivity index (χ4n) is 3.19. The van der Waals surface area contributed by atoms with Crippen molar-refractivity contribution in [2.24, 2.45) is 5.10 Å². The number of anilines is 2. The molecule has 2 aliphatic rings. The summed E-state index contributed by atoms with van der Waals surface area (Å²) in [6.07, 6.45) is 1.04. The molecule has 5 nitrogen and oxygen atoms in total. The number of carbonyl (C=O) groups is 1. The maximum Gasteiger partial charge on any atom is 0.312 e. The van der Waals surface area contributed by atoms with Crippen molar-refractivity contribution in [2.75, 3.05) is 16.9 Å². The molecule has 1 N–H and O–H groups in total. The van der Waals surface area contributed by atoms with Crippen molar-refractivity contribution in [2.45, 2.75) is 26.7 Å². The van der Waals surface area contributed by atoms with Gasteiger partial charge in [-0.1, -0.05) is 42.3 Å². The highest BCUT2D eigenvalue weighted by Crippen LogP contribution is 2.34. The van der Waals surface area contributed by atoms with Crippen molar-refractivity contribution in [1.29, 1.82) is 0 Å². The van der Waals surface area contributed by atoms with Gasteiger partial charge in [-0.2, -0.15) is 0 Å². The summed E-state index contributed by atoms with van der Waals surface area (Å²) in [4.78, 5) is 11.9. The highest BCUT2D eigenvalue weighted by molar-refractivity contribution is 6.31. The van der Waals surface area contributed by atoms with Crippen molar-refractivity contribution < 1.29 is 9.53 Å². The average Bonchev–Trinajstić information content (AvgIpc) is 2.67. The minimum Gasteiger partial charge on any atom is -0.404 e. The topological polar surface area (TPSA) is 53.9 Å². The number of benzene rings is 2. The summed E-state index contributed by atoms with van der Waals surface area (Å²) < 4.78 is 5.55. The van der Waals surface area contributed by atoms with Crippen LogP contribution in [0.5, 0.6) is 0 Å². The summed E-state index contributed by atoms with van der Waals surface area (Å²) >= 11 is 6.13. The zero-order valence-electron chi connectivity index (χ0n) is 15.3. The molecule has 0 saturated heterocycles. The zero-order valence-corrected chi connectivity index (χ0v) is 16.0. The summed E-state index contributed by atoms with van der Waals surface area (Å²) in [6, 6.07) is 13.9. The molecule has 2 aromatic carbocycles. The molecular formula is C21H20ClN3O2. The minimum atomic E-state index is -0.315. The Balaban J connectivity index is 1.71. The minimum absolute atomic E-state index is 0.286. The van der Waals surface area contributed by atoms with Gasteiger partial charge in [-0.05, 0) is 48.7 Å². The van der Waals surface area contributed by atoms with Crippen LogP contribution in [0, 0.1) is 6.92 Å². The predicted molar refractivity (Wildman–Crippen MR) is 108 cm³/mol. The molecule has 0 spiro atoms. The molecular weight excluding hydrogens is 362 g/mol. The van der Waals surface area contributed by atoms with Crippen LogP contribution in [0.15, 0.2) is 58.8 Å². The average molecular weight is 382 g/mol. The van der Waals surface area contributed by atoms with Crippen LogP contribution in [0.2, 0.25) is 5.02 Å². The summed E-state index contributed by atoms with van der Waals surface area (Å²) in [5.41, 5.74) is 6.10. The summed E-state index contributed by atoms with van der Waals surface area (Å²) in [5.74, 6) is -0.0145. The van der Waals surface area contributed by atoms with Crippen molar-refractivity contribution in [3.8, 4) is 0 Å². The molecule has 2 heterocycles. The molecule has 0 radical (unpaired) electrons. The van der Waals surface area contributed by atoms with Crippen LogP contribution in [0.25, 0.3) is 0 Å². The Kier molecular flexibility index (Phi) is 4.62. The fourth-order valence-corrected chi connectivity index (χ4v) is 3.37. The lowest BCUT2D eigenvalue weighted by molar-refractivity contribution is -0.135. The van der Waals surface area contributed by atoms with Crippen molar-refractivity contribution in [3.63, 3.8) is 0 Å². The highest BCUT2D eigenvalue weighted by Gasteiger charge is 2.30. The van der Waals surface area contributed by atoms with E-state index < -0.39 is 0 Å². The number of aryl methyl sites for hydroxylation is 1. The fraction of sp³-hybridized carbons (Fsp3) is 0.238. The molecule has 0 aromatic heterocycles. The van der Waals surface area contributed by atoms with E-state index in [-0.39, 0.29) is 12.4 Å². The van der Waals surface area contributed by atoms with Crippen LogP contribution in [0.4, 0.5) is 11.4 Å².